The largest absolute Gasteiger partial charge is 0.455 e. The van der Waals surface area contributed by atoms with Crippen molar-refractivity contribution in [3.05, 3.63) is 287 Å². The number of para-hydroxylation sites is 2. The van der Waals surface area contributed by atoms with E-state index >= 15 is 0 Å². The van der Waals surface area contributed by atoms with E-state index in [1.165, 1.54) is 0 Å². The summed E-state index contributed by atoms with van der Waals surface area (Å²) in [6.07, 6.45) is 5.02. The molecule has 0 N–H and O–H groups in total. The highest BCUT2D eigenvalue weighted by Gasteiger charge is 2.55. The Morgan fingerprint density at radius 2 is 0.831 bits per heavy atom. The molecule has 10 aromatic carbocycles. The Morgan fingerprint density at radius 1 is 0.434 bits per heavy atom. The van der Waals surface area contributed by atoms with E-state index in [9.17, 15) is 5.48 Å². The Labute approximate surface area is 496 Å². The maximum Gasteiger partial charge on any atom is 0.145 e. The number of anilines is 6. The molecule has 2 aliphatic carbocycles. The van der Waals surface area contributed by atoms with Crippen molar-refractivity contribution in [2.45, 2.75) is 46.0 Å². The van der Waals surface area contributed by atoms with Crippen LogP contribution in [0.5, 0.6) is 0 Å². The van der Waals surface area contributed by atoms with Crippen molar-refractivity contribution in [1.29, 1.82) is 0 Å². The average Bonchev–Trinajstić information content (AvgIpc) is 1.49. The molecule has 0 aliphatic heterocycles. The van der Waals surface area contributed by atoms with Crippen molar-refractivity contribution >= 4 is 78.3 Å². The van der Waals surface area contributed by atoms with Crippen LogP contribution in [-0.4, -0.2) is 9.97 Å². The standard InChI is InChI=1S/C77H56N4O2/c1-5-49-33-37-53(38-34-49)80(75-59(41-47(3)45-78-75)51-21-9-7-10-22-51)65-43-63-71(73-69(65)57-27-15-19-31-67(57)82-73)72-64(77(63)61-29-17-13-25-55(61)56-26-14-18-30-62(56)77)44-66(70-58-28-16-20-32-68(58)83-74(70)72)81(54-39-35-50(6-2)36-40-54)76-60(42-48(4)46-79-76)52-23-11-8-12-24-52/h7-46H,5-6H2,1-4H3/i7D,8D,9D,10D,11D,12D,21D,22D,23D,24D. The van der Waals surface area contributed by atoms with Gasteiger partial charge < -0.3 is 8.83 Å². The number of fused-ring (bicyclic) bond motifs is 18. The molecule has 0 fully saturated rings. The molecule has 0 unspecified atom stereocenters. The average molecular weight is 1080 g/mol. The molecule has 14 aromatic rings. The molecule has 6 heteroatoms. The molecule has 4 heterocycles. The zero-order valence-corrected chi connectivity index (χ0v) is 45.8. The number of aromatic nitrogens is 2. The van der Waals surface area contributed by atoms with Crippen LogP contribution in [0.3, 0.4) is 0 Å². The first-order chi connectivity index (χ1) is 45.0. The summed E-state index contributed by atoms with van der Waals surface area (Å²) in [5, 5.41) is 3.02. The summed E-state index contributed by atoms with van der Waals surface area (Å²) in [5.41, 5.74) is 15.2. The summed E-state index contributed by atoms with van der Waals surface area (Å²) in [6.45, 7) is 7.96. The van der Waals surface area contributed by atoms with Gasteiger partial charge in [0.05, 0.1) is 41.3 Å². The van der Waals surface area contributed by atoms with Crippen LogP contribution < -0.4 is 9.80 Å². The Hall–Kier alpha value is -10.3. The van der Waals surface area contributed by atoms with Gasteiger partial charge in [-0.3, -0.25) is 9.80 Å². The summed E-state index contributed by atoms with van der Waals surface area (Å²) >= 11 is 0. The number of benzene rings is 10. The number of furan rings is 2. The molecule has 0 radical (unpaired) electrons. The minimum atomic E-state index is -1.19. The van der Waals surface area contributed by atoms with Crippen molar-refractivity contribution < 1.29 is 22.5 Å². The molecular formula is C77H56N4O2. The lowest BCUT2D eigenvalue weighted by molar-refractivity contribution is 0.665. The fourth-order valence-electron chi connectivity index (χ4n) is 13.3. The van der Waals surface area contributed by atoms with Gasteiger partial charge in [-0.2, -0.15) is 0 Å². The molecule has 4 aromatic heterocycles. The zero-order chi connectivity index (χ0) is 64.2. The van der Waals surface area contributed by atoms with E-state index in [0.717, 1.165) is 90.0 Å². The minimum absolute atomic E-state index is 0.00541. The first-order valence-corrected chi connectivity index (χ1v) is 28.1. The molecule has 396 valence electrons. The van der Waals surface area contributed by atoms with Crippen LogP contribution in [0.15, 0.2) is 252 Å². The van der Waals surface area contributed by atoms with E-state index in [1.807, 2.05) is 98.8 Å². The maximum atomic E-state index is 9.48. The topological polar surface area (TPSA) is 58.5 Å². The predicted octanol–water partition coefficient (Wildman–Crippen LogP) is 20.6. The molecule has 0 amide bonds. The van der Waals surface area contributed by atoms with Gasteiger partial charge in [0.25, 0.3) is 0 Å². The van der Waals surface area contributed by atoms with Gasteiger partial charge in [0.1, 0.15) is 34.0 Å². The van der Waals surface area contributed by atoms with Gasteiger partial charge in [0.15, 0.2) is 0 Å². The van der Waals surface area contributed by atoms with Gasteiger partial charge in [-0.25, -0.2) is 9.97 Å². The highest BCUT2D eigenvalue weighted by atomic mass is 16.3. The van der Waals surface area contributed by atoms with Gasteiger partial charge in [-0.1, -0.05) is 183 Å². The Kier molecular flexibility index (Phi) is 8.92. The van der Waals surface area contributed by atoms with Crippen LogP contribution in [0.2, 0.25) is 0 Å². The lowest BCUT2D eigenvalue weighted by Gasteiger charge is -2.34. The van der Waals surface area contributed by atoms with E-state index < -0.39 is 41.7 Å². The summed E-state index contributed by atoms with van der Waals surface area (Å²) in [6, 6.07) is 53.2. The van der Waals surface area contributed by atoms with E-state index in [0.29, 0.717) is 79.0 Å². The SMILES string of the molecule is [2H]c1c([2H])c([2H])c(-c2cc(C)cnc2N(c2ccc(CC)cc2)c2cc3c(c4oc5ccccc5c24)-c2c(cc(N(c4ccc(CC)cc4)c4ncc(C)cc4-c4c([2H])c([2H])c([2H])c([2H])c4[2H])c4c2oc2ccccc24)C32c3ccccc3-c3ccccc32)c([2H])c1[2H]. The van der Waals surface area contributed by atoms with Gasteiger partial charge >= 0.3 is 0 Å². The van der Waals surface area contributed by atoms with Crippen molar-refractivity contribution in [2.75, 3.05) is 9.80 Å². The molecule has 0 bridgehead atoms. The Bertz CT molecular complexity index is 5150. The lowest BCUT2D eigenvalue weighted by atomic mass is 9.70. The third-order valence-corrected chi connectivity index (χ3v) is 16.9. The fourth-order valence-corrected chi connectivity index (χ4v) is 13.3. The normalized spacial score (nSPS) is 14.5. The smallest absolute Gasteiger partial charge is 0.145 e. The van der Waals surface area contributed by atoms with Crippen molar-refractivity contribution in [1.82, 2.24) is 9.97 Å². The van der Waals surface area contributed by atoms with Gasteiger partial charge in [-0.05, 0) is 154 Å². The van der Waals surface area contributed by atoms with Crippen LogP contribution >= 0.6 is 0 Å². The van der Waals surface area contributed by atoms with Gasteiger partial charge in [0, 0.05) is 56.8 Å². The first kappa shape index (κ1) is 39.2. The summed E-state index contributed by atoms with van der Waals surface area (Å²) in [5.74, 6) is 0.637. The fraction of sp³-hybridized carbons (Fsp3) is 0.0909. The van der Waals surface area contributed by atoms with Crippen molar-refractivity contribution in [2.24, 2.45) is 0 Å². The maximum absolute atomic E-state index is 9.48. The number of hydrogen-bond donors (Lipinski definition) is 0. The molecule has 1 spiro atoms. The molecular weight excluding hydrogens is 1010 g/mol. The first-order valence-electron chi connectivity index (χ1n) is 33.1. The van der Waals surface area contributed by atoms with Crippen molar-refractivity contribution in [3.63, 3.8) is 0 Å². The molecule has 0 atom stereocenters. The molecule has 0 saturated heterocycles. The third kappa shape index (κ3) is 7.22. The van der Waals surface area contributed by atoms with E-state index in [1.54, 1.807) is 12.4 Å². The number of hydrogen-bond acceptors (Lipinski definition) is 6. The van der Waals surface area contributed by atoms with Gasteiger partial charge in [-0.15, -0.1) is 0 Å². The quantitative estimate of drug-likeness (QED) is 0.136. The predicted molar refractivity (Wildman–Crippen MR) is 341 cm³/mol. The number of rotatable bonds is 10. The second-order valence-corrected chi connectivity index (χ2v) is 21.6. The lowest BCUT2D eigenvalue weighted by Crippen LogP contribution is -2.27. The number of aryl methyl sites for hydroxylation is 4. The molecule has 6 nitrogen and oxygen atoms in total. The summed E-state index contributed by atoms with van der Waals surface area (Å²) in [7, 11) is 0. The monoisotopic (exact) mass is 1080 g/mol. The molecule has 2 aliphatic rings. The molecule has 16 rings (SSSR count). The highest BCUT2D eigenvalue weighted by Crippen LogP contribution is 2.68. The van der Waals surface area contributed by atoms with E-state index in [-0.39, 0.29) is 35.3 Å². The van der Waals surface area contributed by atoms with Crippen LogP contribution in [0, 0.1) is 13.8 Å². The van der Waals surface area contributed by atoms with Crippen molar-refractivity contribution in [3.8, 4) is 44.5 Å². The van der Waals surface area contributed by atoms with Gasteiger partial charge in [0.2, 0.25) is 0 Å². The molecule has 0 saturated carbocycles. The summed E-state index contributed by atoms with van der Waals surface area (Å²) < 4.78 is 106. The van der Waals surface area contributed by atoms with Crippen LogP contribution in [0.4, 0.5) is 34.4 Å². The second kappa shape index (κ2) is 18.9. The minimum Gasteiger partial charge on any atom is -0.455 e. The molecule has 83 heavy (non-hydrogen) atoms. The van der Waals surface area contributed by atoms with Crippen LogP contribution in [-0.2, 0) is 18.3 Å². The third-order valence-electron chi connectivity index (χ3n) is 16.9. The Morgan fingerprint density at radius 3 is 1.25 bits per heavy atom. The van der Waals surface area contributed by atoms with E-state index in [2.05, 4.69) is 109 Å². The second-order valence-electron chi connectivity index (χ2n) is 21.6. The Balaban J connectivity index is 1.10. The zero-order valence-electron chi connectivity index (χ0n) is 55.8. The highest BCUT2D eigenvalue weighted by molar-refractivity contribution is 6.25. The summed E-state index contributed by atoms with van der Waals surface area (Å²) in [4.78, 5) is 14.7. The van der Waals surface area contributed by atoms with E-state index in [4.69, 9.17) is 27.0 Å². The number of nitrogens with zero attached hydrogens (tertiary/aromatic N) is 4. The number of pyridine rings is 2. The van der Waals surface area contributed by atoms with Crippen LogP contribution in [0.25, 0.3) is 88.4 Å². The van der Waals surface area contributed by atoms with Crippen LogP contribution in [0.1, 0.15) is 72.1 Å².